The number of hydrogen-bond donors (Lipinski definition) is 2. The number of primary sulfonamides is 1. The van der Waals surface area contributed by atoms with E-state index in [0.29, 0.717) is 39.6 Å². The molecule has 1 aliphatic carbocycles. The van der Waals surface area contributed by atoms with Crippen LogP contribution in [-0.4, -0.2) is 52.2 Å². The number of nitrogens with two attached hydrogens (primary N) is 1. The van der Waals surface area contributed by atoms with Gasteiger partial charge in [0.25, 0.3) is 20.0 Å². The molecule has 0 aliphatic heterocycles. The van der Waals surface area contributed by atoms with Gasteiger partial charge in [0.05, 0.1) is 43.2 Å². The Balaban J connectivity index is 0.000000246. The highest BCUT2D eigenvalue weighted by Crippen LogP contribution is 2.35. The Morgan fingerprint density at radius 2 is 1.31 bits per heavy atom. The third-order valence-electron chi connectivity index (χ3n) is 9.65. The minimum atomic E-state index is -4.20. The first-order valence-electron chi connectivity index (χ1n) is 19.9. The number of benzene rings is 3. The Morgan fingerprint density at radius 1 is 0.791 bits per heavy atom. The number of halogens is 3. The fourth-order valence-electron chi connectivity index (χ4n) is 6.59. The molecule has 0 radical (unpaired) electrons. The van der Waals surface area contributed by atoms with Crippen molar-refractivity contribution in [2.75, 3.05) is 14.2 Å². The molecule has 1 aliphatic rings. The molecule has 2 heterocycles. The minimum Gasteiger partial charge on any atom is -0.481 e. The van der Waals surface area contributed by atoms with Gasteiger partial charge >= 0.3 is 0 Å². The van der Waals surface area contributed by atoms with Crippen LogP contribution in [0.2, 0.25) is 0 Å². The fourth-order valence-corrected chi connectivity index (χ4v) is 8.28. The van der Waals surface area contributed by atoms with Crippen LogP contribution in [0.1, 0.15) is 67.3 Å². The maximum Gasteiger partial charge on any atom is 0.285 e. The van der Waals surface area contributed by atoms with E-state index in [1.165, 1.54) is 87.2 Å². The second-order valence-electron chi connectivity index (χ2n) is 15.0. The molecule has 3 aromatic carbocycles. The van der Waals surface area contributed by atoms with Gasteiger partial charge < -0.3 is 9.47 Å². The number of ether oxygens (including phenoxy) is 2. The highest BCUT2D eigenvalue weighted by molar-refractivity contribution is 7.93. The van der Waals surface area contributed by atoms with Crippen molar-refractivity contribution in [1.29, 1.82) is 10.5 Å². The van der Waals surface area contributed by atoms with Crippen LogP contribution in [0.15, 0.2) is 119 Å². The van der Waals surface area contributed by atoms with Crippen LogP contribution in [0.4, 0.5) is 8.78 Å². The lowest BCUT2D eigenvalue weighted by Gasteiger charge is -2.18. The Kier molecular flexibility index (Phi) is 18.3. The molecular formula is C48H44ClF2N6O8S2+. The van der Waals surface area contributed by atoms with Crippen molar-refractivity contribution in [3.8, 4) is 46.2 Å². The van der Waals surface area contributed by atoms with Crippen molar-refractivity contribution in [2.45, 2.75) is 57.3 Å². The zero-order valence-corrected chi connectivity index (χ0v) is 39.4. The van der Waals surface area contributed by atoms with Gasteiger partial charge in [-0.05, 0) is 123 Å². The smallest absolute Gasteiger partial charge is 0.285 e. The van der Waals surface area contributed by atoms with Gasteiger partial charge in [0.15, 0.2) is 16.5 Å². The Labute approximate surface area is 393 Å². The quantitative estimate of drug-likeness (QED) is 0.0839. The summed E-state index contributed by atoms with van der Waals surface area (Å²) in [5, 5.41) is 21.8. The van der Waals surface area contributed by atoms with Crippen molar-refractivity contribution in [3.05, 3.63) is 159 Å². The molecule has 0 saturated carbocycles. The summed E-state index contributed by atoms with van der Waals surface area (Å²) in [5.74, 6) is -0.920. The number of nitrogens with zero attached hydrogens (tertiary/aromatic N) is 4. The number of aromatic nitrogens is 2. The number of carbonyl (C=O) groups is 2. The number of nitriles is 2. The first-order valence-corrected chi connectivity index (χ1v) is 23.3. The van der Waals surface area contributed by atoms with E-state index in [2.05, 4.69) is 16.0 Å². The Hall–Kier alpha value is -7.18. The maximum absolute atomic E-state index is 14.5. The van der Waals surface area contributed by atoms with Crippen LogP contribution >= 0.6 is 11.6 Å². The third kappa shape index (κ3) is 14.7. The summed E-state index contributed by atoms with van der Waals surface area (Å²) < 4.78 is 87.7. The molecule has 6 rings (SSSR count). The van der Waals surface area contributed by atoms with Crippen LogP contribution in [0, 0.1) is 40.4 Å². The Morgan fingerprint density at radius 3 is 1.76 bits per heavy atom. The largest absolute Gasteiger partial charge is 0.481 e. The summed E-state index contributed by atoms with van der Waals surface area (Å²) in [5.41, 5.74) is 5.37. The van der Waals surface area contributed by atoms with E-state index in [1.54, 1.807) is 36.5 Å². The van der Waals surface area contributed by atoms with Crippen molar-refractivity contribution >= 4 is 42.8 Å². The molecule has 3 N–H and O–H groups in total. The molecule has 5 aromatic rings. The van der Waals surface area contributed by atoms with Crippen LogP contribution in [-0.2, 0) is 42.5 Å². The lowest BCUT2D eigenvalue weighted by atomic mass is 9.88. The van der Waals surface area contributed by atoms with Gasteiger partial charge in [-0.25, -0.2) is 37.0 Å². The zero-order chi connectivity index (χ0) is 49.6. The van der Waals surface area contributed by atoms with Crippen molar-refractivity contribution in [3.63, 3.8) is 0 Å². The fraction of sp³-hybridized carbons (Fsp3) is 0.208. The van der Waals surface area contributed by atoms with Crippen LogP contribution in [0.5, 0.6) is 11.8 Å². The summed E-state index contributed by atoms with van der Waals surface area (Å²) in [6, 6.07) is 21.3. The van der Waals surface area contributed by atoms with E-state index < -0.39 is 37.0 Å². The van der Waals surface area contributed by atoms with Crippen LogP contribution in [0.25, 0.3) is 22.3 Å². The molecule has 0 saturated heterocycles. The molecule has 19 heteroatoms. The number of nitrogens with one attached hydrogen (secondary N) is 1. The molecule has 0 fully saturated rings. The normalized spacial score (nSPS) is 11.9. The number of methoxy groups -OCH3 is 2. The van der Waals surface area contributed by atoms with Gasteiger partial charge in [0, 0.05) is 37.0 Å². The summed E-state index contributed by atoms with van der Waals surface area (Å²) in [7, 11) is -4.94. The predicted octanol–water partition coefficient (Wildman–Crippen LogP) is 8.25. The van der Waals surface area contributed by atoms with E-state index in [4.69, 9.17) is 36.7 Å². The van der Waals surface area contributed by atoms with Gasteiger partial charge in [-0.3, -0.25) is 9.59 Å². The van der Waals surface area contributed by atoms with Gasteiger partial charge in [0.2, 0.25) is 22.9 Å². The minimum absolute atomic E-state index is 0.0509. The number of carbonyl (C=O) groups excluding carboxylic acids is 2. The number of amides is 1. The monoisotopic (exact) mass is 969 g/mol. The number of allylic oxidation sites excluding steroid dienone is 5. The maximum atomic E-state index is 14.5. The molecule has 0 unspecified atom stereocenters. The first kappa shape index (κ1) is 52.4. The van der Waals surface area contributed by atoms with E-state index in [9.17, 15) is 35.2 Å². The second kappa shape index (κ2) is 23.3. The molecule has 346 valence electrons. The molecule has 1 amide bonds. The van der Waals surface area contributed by atoms with Crippen molar-refractivity contribution in [2.24, 2.45) is 5.14 Å². The summed E-state index contributed by atoms with van der Waals surface area (Å²) in [6.07, 6.45) is 9.15. The topological polar surface area (TPSA) is 232 Å². The lowest BCUT2D eigenvalue weighted by molar-refractivity contribution is -0.118. The van der Waals surface area contributed by atoms with E-state index in [-0.39, 0.29) is 51.4 Å². The standard InChI is InChI=1S/C24H22FN3O4S.C17H17ClFNO2.C7H5N2O2S/c1-15(2)20-11-18(25)12-21(17-7-8-27-24(10-17)32-3)22(20)13-23(29)28-33(30,31)19-6-4-5-16(9-19)14-26;1-10(2)13-7-12(19)8-14(15(13)9-16(18)21)11-4-5-20-17(6-11)22-3;8-5-6-2-1-3-7(4-6)12(9,10)11/h4-12,15H,13H2,1-3H3,(H,28,29);4-8,10H,9H2,1-3H3;2-4H,(H2,9,10,11)/q;;+1. The summed E-state index contributed by atoms with van der Waals surface area (Å²) >= 11 is 5.58. The van der Waals surface area contributed by atoms with Gasteiger partial charge in [-0.15, -0.1) is 0 Å². The van der Waals surface area contributed by atoms with Gasteiger partial charge in [-0.1, -0.05) is 33.8 Å². The average Bonchev–Trinajstić information content (AvgIpc) is 3.29. The third-order valence-corrected chi connectivity index (χ3v) is 12.0. The molecule has 0 atom stereocenters. The Bertz CT molecular complexity index is 3090. The number of sulfonamides is 2. The predicted molar refractivity (Wildman–Crippen MR) is 248 cm³/mol. The zero-order valence-electron chi connectivity index (χ0n) is 37.0. The van der Waals surface area contributed by atoms with E-state index in [1.807, 2.05) is 38.5 Å². The average molecular weight is 970 g/mol. The van der Waals surface area contributed by atoms with Crippen molar-refractivity contribution < 1.29 is 44.7 Å². The molecule has 0 bridgehead atoms. The second-order valence-corrected chi connectivity index (χ2v) is 18.7. The van der Waals surface area contributed by atoms with Gasteiger partial charge in [-0.2, -0.15) is 18.9 Å². The number of pyridine rings is 2. The van der Waals surface area contributed by atoms with E-state index in [0.717, 1.165) is 16.7 Å². The van der Waals surface area contributed by atoms with Crippen LogP contribution < -0.4 is 19.3 Å². The summed E-state index contributed by atoms with van der Waals surface area (Å²) in [4.78, 5) is 32.1. The molecular weight excluding hydrogens is 926 g/mol. The molecule has 67 heavy (non-hydrogen) atoms. The highest BCUT2D eigenvalue weighted by atomic mass is 35.5. The first-order chi connectivity index (χ1) is 31.6. The highest BCUT2D eigenvalue weighted by Gasteiger charge is 2.24. The lowest BCUT2D eigenvalue weighted by Crippen LogP contribution is -2.32. The molecule has 14 nitrogen and oxygen atoms in total. The molecule has 2 aromatic heterocycles. The van der Waals surface area contributed by atoms with Crippen molar-refractivity contribution in [1.82, 2.24) is 14.7 Å². The number of rotatable bonds is 13. The van der Waals surface area contributed by atoms with Gasteiger partial charge in [0.1, 0.15) is 23.8 Å². The summed E-state index contributed by atoms with van der Waals surface area (Å²) in [6.45, 7) is 7.62. The SMILES string of the molecule is COc1cc(-c2cc(F)cc(C(C)C)c2CC(=O)Cl)ccn1.COc1cc(-c2cc(F)cc(C(C)C)c2CC(=O)NS(=O)(=O)c2cccc(C#N)c2)ccn1.N#CC1=CC(S(N)(=O)=O)=C[C+]=C1. The van der Waals surface area contributed by atoms with Crippen LogP contribution in [0.3, 0.4) is 0 Å². The van der Waals surface area contributed by atoms with E-state index >= 15 is 0 Å². The number of hydrogen-bond acceptors (Lipinski definition) is 12. The molecule has 0 spiro atoms.